The molecule has 0 aliphatic carbocycles. The van der Waals surface area contributed by atoms with Crippen LogP contribution in [0.25, 0.3) is 0 Å². The molecule has 0 aromatic rings. The first-order valence-electron chi connectivity index (χ1n) is 7.25. The summed E-state index contributed by atoms with van der Waals surface area (Å²) in [5, 5.41) is 0. The molecule has 0 aromatic heterocycles. The monoisotopic (exact) mass is 274 g/mol. The number of hydrogen-bond acceptors (Lipinski definition) is 4. The van der Waals surface area contributed by atoms with E-state index in [2.05, 4.69) is 4.90 Å². The first kappa shape index (κ1) is 14.3. The Labute approximate surface area is 111 Å². The summed E-state index contributed by atoms with van der Waals surface area (Å²) in [6.07, 6.45) is 6.77. The van der Waals surface area contributed by atoms with Crippen LogP contribution in [0.4, 0.5) is 0 Å². The average Bonchev–Trinajstić information content (AvgIpc) is 2.57. The second-order valence-corrected chi connectivity index (χ2v) is 8.17. The highest BCUT2D eigenvalue weighted by atomic mass is 32.2. The summed E-state index contributed by atoms with van der Waals surface area (Å²) in [4.78, 5) is 2.47. The van der Waals surface area contributed by atoms with Gasteiger partial charge in [0.2, 0.25) is 0 Å². The van der Waals surface area contributed by atoms with Gasteiger partial charge in [0.25, 0.3) is 0 Å². The lowest BCUT2D eigenvalue weighted by Crippen LogP contribution is -2.45. The summed E-state index contributed by atoms with van der Waals surface area (Å²) < 4.78 is 22.8. The Kier molecular flexibility index (Phi) is 5.04. The van der Waals surface area contributed by atoms with Gasteiger partial charge in [-0.1, -0.05) is 12.8 Å². The van der Waals surface area contributed by atoms with E-state index in [1.807, 2.05) is 0 Å². The third-order valence-corrected chi connectivity index (χ3v) is 6.09. The van der Waals surface area contributed by atoms with E-state index in [1.165, 1.54) is 38.8 Å². The van der Waals surface area contributed by atoms with Crippen molar-refractivity contribution in [3.63, 3.8) is 0 Å². The van der Waals surface area contributed by atoms with Gasteiger partial charge in [-0.25, -0.2) is 8.42 Å². The topological polar surface area (TPSA) is 63.4 Å². The SMILES string of the molecule is NC(CN1CCCCCC1)C1CCS(=O)(=O)CC1. The van der Waals surface area contributed by atoms with Crippen LogP contribution in [0.15, 0.2) is 0 Å². The van der Waals surface area contributed by atoms with E-state index in [0.717, 1.165) is 19.4 Å². The highest BCUT2D eigenvalue weighted by Gasteiger charge is 2.28. The van der Waals surface area contributed by atoms with Gasteiger partial charge in [0.05, 0.1) is 11.5 Å². The Morgan fingerprint density at radius 1 is 1.06 bits per heavy atom. The van der Waals surface area contributed by atoms with Crippen molar-refractivity contribution < 1.29 is 8.42 Å². The number of likely N-dealkylation sites (tertiary alicyclic amines) is 1. The molecule has 2 saturated heterocycles. The van der Waals surface area contributed by atoms with Crippen molar-refractivity contribution in [2.45, 2.75) is 44.6 Å². The summed E-state index contributed by atoms with van der Waals surface area (Å²) in [6, 6.07) is 0.151. The minimum absolute atomic E-state index is 0.151. The zero-order valence-electron chi connectivity index (χ0n) is 11.2. The fourth-order valence-corrected chi connectivity index (χ4v) is 4.63. The van der Waals surface area contributed by atoms with E-state index in [1.54, 1.807) is 0 Å². The van der Waals surface area contributed by atoms with Gasteiger partial charge in [-0.05, 0) is 44.7 Å². The molecular weight excluding hydrogens is 248 g/mol. The van der Waals surface area contributed by atoms with Gasteiger partial charge in [0.15, 0.2) is 0 Å². The molecule has 2 N–H and O–H groups in total. The van der Waals surface area contributed by atoms with Crippen LogP contribution in [-0.4, -0.2) is 50.5 Å². The zero-order chi connectivity index (χ0) is 13.0. The smallest absolute Gasteiger partial charge is 0.150 e. The molecule has 0 bridgehead atoms. The third-order valence-electron chi connectivity index (χ3n) is 4.37. The summed E-state index contributed by atoms with van der Waals surface area (Å²) in [7, 11) is -2.76. The Hall–Kier alpha value is -0.130. The van der Waals surface area contributed by atoms with Crippen LogP contribution < -0.4 is 5.73 Å². The van der Waals surface area contributed by atoms with Crippen molar-refractivity contribution in [1.29, 1.82) is 0 Å². The van der Waals surface area contributed by atoms with Crippen molar-refractivity contribution >= 4 is 9.84 Å². The predicted octanol–water partition coefficient (Wildman–Crippen LogP) is 1.01. The van der Waals surface area contributed by atoms with Crippen LogP contribution in [0.5, 0.6) is 0 Å². The Balaban J connectivity index is 1.78. The molecule has 0 amide bonds. The van der Waals surface area contributed by atoms with Crippen molar-refractivity contribution in [1.82, 2.24) is 4.90 Å². The molecule has 2 rings (SSSR count). The van der Waals surface area contributed by atoms with Crippen molar-refractivity contribution in [2.75, 3.05) is 31.1 Å². The first-order chi connectivity index (χ1) is 8.57. The number of nitrogens with two attached hydrogens (primary N) is 1. The van der Waals surface area contributed by atoms with Gasteiger partial charge in [-0.3, -0.25) is 0 Å². The van der Waals surface area contributed by atoms with Crippen LogP contribution >= 0.6 is 0 Å². The molecule has 0 radical (unpaired) electrons. The number of sulfone groups is 1. The normalized spacial score (nSPS) is 28.7. The van der Waals surface area contributed by atoms with Crippen LogP contribution in [0.1, 0.15) is 38.5 Å². The van der Waals surface area contributed by atoms with Crippen molar-refractivity contribution in [2.24, 2.45) is 11.7 Å². The fourth-order valence-electron chi connectivity index (χ4n) is 3.10. The summed E-state index contributed by atoms with van der Waals surface area (Å²) >= 11 is 0. The molecule has 106 valence electrons. The van der Waals surface area contributed by atoms with Crippen LogP contribution in [0, 0.1) is 5.92 Å². The van der Waals surface area contributed by atoms with Gasteiger partial charge in [0, 0.05) is 12.6 Å². The van der Waals surface area contributed by atoms with Crippen LogP contribution in [0.2, 0.25) is 0 Å². The lowest BCUT2D eigenvalue weighted by molar-refractivity contribution is 0.230. The third kappa shape index (κ3) is 4.21. The molecule has 2 aliphatic rings. The second-order valence-electron chi connectivity index (χ2n) is 5.87. The number of hydrogen-bond donors (Lipinski definition) is 1. The number of nitrogens with zero attached hydrogens (tertiary/aromatic N) is 1. The Bertz CT molecular complexity index is 334. The highest BCUT2D eigenvalue weighted by molar-refractivity contribution is 7.91. The molecule has 1 unspecified atom stereocenters. The molecule has 2 heterocycles. The van der Waals surface area contributed by atoms with Gasteiger partial charge in [-0.2, -0.15) is 0 Å². The molecule has 2 fully saturated rings. The minimum Gasteiger partial charge on any atom is -0.326 e. The maximum absolute atomic E-state index is 11.4. The maximum Gasteiger partial charge on any atom is 0.150 e. The van der Waals surface area contributed by atoms with E-state index >= 15 is 0 Å². The molecule has 4 nitrogen and oxygen atoms in total. The number of rotatable bonds is 3. The standard InChI is InChI=1S/C13H26N2O2S/c14-13(11-15-7-3-1-2-4-8-15)12-5-9-18(16,17)10-6-12/h12-13H,1-11,14H2. The fraction of sp³-hybridized carbons (Fsp3) is 1.00. The summed E-state index contributed by atoms with van der Waals surface area (Å²) in [5.41, 5.74) is 6.28. The van der Waals surface area contributed by atoms with Crippen LogP contribution in [-0.2, 0) is 9.84 Å². The average molecular weight is 274 g/mol. The summed E-state index contributed by atoms with van der Waals surface area (Å²) in [6.45, 7) is 3.28. The van der Waals surface area contributed by atoms with Crippen molar-refractivity contribution in [3.05, 3.63) is 0 Å². The molecule has 0 saturated carbocycles. The predicted molar refractivity (Wildman–Crippen MR) is 74.3 cm³/mol. The van der Waals surface area contributed by atoms with E-state index in [0.29, 0.717) is 17.4 Å². The molecule has 1 atom stereocenters. The quantitative estimate of drug-likeness (QED) is 0.834. The van der Waals surface area contributed by atoms with E-state index in [9.17, 15) is 8.42 Å². The van der Waals surface area contributed by atoms with E-state index in [4.69, 9.17) is 5.73 Å². The van der Waals surface area contributed by atoms with E-state index in [-0.39, 0.29) is 6.04 Å². The Morgan fingerprint density at radius 3 is 2.17 bits per heavy atom. The van der Waals surface area contributed by atoms with Crippen molar-refractivity contribution in [3.8, 4) is 0 Å². The van der Waals surface area contributed by atoms with Gasteiger partial charge in [0.1, 0.15) is 9.84 Å². The van der Waals surface area contributed by atoms with Gasteiger partial charge >= 0.3 is 0 Å². The lowest BCUT2D eigenvalue weighted by atomic mass is 9.94. The molecule has 0 spiro atoms. The van der Waals surface area contributed by atoms with Gasteiger partial charge < -0.3 is 10.6 Å². The second kappa shape index (κ2) is 6.35. The van der Waals surface area contributed by atoms with E-state index < -0.39 is 9.84 Å². The molecule has 18 heavy (non-hydrogen) atoms. The van der Waals surface area contributed by atoms with Crippen LogP contribution in [0.3, 0.4) is 0 Å². The first-order valence-corrected chi connectivity index (χ1v) is 9.07. The highest BCUT2D eigenvalue weighted by Crippen LogP contribution is 2.22. The lowest BCUT2D eigenvalue weighted by Gasteiger charge is -2.31. The summed E-state index contributed by atoms with van der Waals surface area (Å²) in [5.74, 6) is 1.08. The molecular formula is C13H26N2O2S. The largest absolute Gasteiger partial charge is 0.326 e. The Morgan fingerprint density at radius 2 is 1.61 bits per heavy atom. The maximum atomic E-state index is 11.4. The molecule has 5 heteroatoms. The zero-order valence-corrected chi connectivity index (χ0v) is 12.0. The molecule has 0 aromatic carbocycles. The minimum atomic E-state index is -2.76. The van der Waals surface area contributed by atoms with Gasteiger partial charge in [-0.15, -0.1) is 0 Å². The molecule has 2 aliphatic heterocycles.